The van der Waals surface area contributed by atoms with Crippen LogP contribution in [0.5, 0.6) is 0 Å². The summed E-state index contributed by atoms with van der Waals surface area (Å²) >= 11 is 0. The fraction of sp³-hybridized carbons (Fsp3) is 0.875. The van der Waals surface area contributed by atoms with E-state index in [0.717, 1.165) is 51.4 Å². The summed E-state index contributed by atoms with van der Waals surface area (Å²) in [4.78, 5) is 24.5. The monoisotopic (exact) mass is 984 g/mol. The van der Waals surface area contributed by atoms with Crippen molar-refractivity contribution in [1.29, 1.82) is 0 Å². The molecule has 0 radical (unpaired) electrons. The molecule has 0 aromatic rings. The highest BCUT2D eigenvalue weighted by Crippen LogP contribution is 2.18. The fourth-order valence-electron chi connectivity index (χ4n) is 9.61. The van der Waals surface area contributed by atoms with Gasteiger partial charge in [-0.05, 0) is 57.8 Å². The lowest BCUT2D eigenvalue weighted by molar-refractivity contribution is -0.143. The highest BCUT2D eigenvalue weighted by Gasteiger charge is 2.18. The molecule has 0 fully saturated rings. The first-order chi connectivity index (χ1) is 34.5. The number of aliphatic hydroxyl groups excluding tert-OH is 2. The first-order valence-electron chi connectivity index (χ1n) is 31.3. The quantitative estimate of drug-likeness (QED) is 0.0321. The molecule has 0 rings (SSSR count). The number of carbonyl (C=O) groups excluding carboxylic acids is 2. The predicted octanol–water partition coefficient (Wildman–Crippen LogP) is 19.6. The SMILES string of the molecule is CCC/C=C\C/C=C\CCCCCCCC(=O)OCCCCCCCCCCCCCCCCCCCCCCCC(=O)NC(CO)C(O)/C=C/CCCCCCCCCCCCCCCCCCC. The van der Waals surface area contributed by atoms with Crippen molar-refractivity contribution in [2.24, 2.45) is 0 Å². The van der Waals surface area contributed by atoms with Gasteiger partial charge in [0.25, 0.3) is 0 Å². The Balaban J connectivity index is 3.43. The molecular formula is C64H121NO5. The molecule has 2 unspecified atom stereocenters. The van der Waals surface area contributed by atoms with Crippen LogP contribution >= 0.6 is 0 Å². The number of ether oxygens (including phenoxy) is 1. The highest BCUT2D eigenvalue weighted by molar-refractivity contribution is 5.76. The molecule has 1 amide bonds. The Morgan fingerprint density at radius 3 is 1.14 bits per heavy atom. The third kappa shape index (κ3) is 55.4. The molecule has 70 heavy (non-hydrogen) atoms. The van der Waals surface area contributed by atoms with Crippen LogP contribution in [-0.2, 0) is 14.3 Å². The van der Waals surface area contributed by atoms with Gasteiger partial charge in [-0.2, -0.15) is 0 Å². The summed E-state index contributed by atoms with van der Waals surface area (Å²) < 4.78 is 5.47. The van der Waals surface area contributed by atoms with Crippen molar-refractivity contribution in [1.82, 2.24) is 5.32 Å². The summed E-state index contributed by atoms with van der Waals surface area (Å²) in [6.07, 6.45) is 74.7. The molecule has 6 heteroatoms. The van der Waals surface area contributed by atoms with Gasteiger partial charge in [0.2, 0.25) is 5.91 Å². The lowest BCUT2D eigenvalue weighted by atomic mass is 10.0. The van der Waals surface area contributed by atoms with Crippen molar-refractivity contribution in [3.05, 3.63) is 36.5 Å². The van der Waals surface area contributed by atoms with Crippen LogP contribution in [0.25, 0.3) is 0 Å². The Morgan fingerprint density at radius 2 is 0.743 bits per heavy atom. The Bertz CT molecular complexity index is 1130. The number of carbonyl (C=O) groups is 2. The summed E-state index contributed by atoms with van der Waals surface area (Å²) in [6, 6.07) is -0.630. The number of rotatable bonds is 58. The molecule has 0 aromatic heterocycles. The average Bonchev–Trinajstić information content (AvgIpc) is 3.36. The zero-order valence-electron chi connectivity index (χ0n) is 47.0. The molecule has 0 aliphatic heterocycles. The molecule has 412 valence electrons. The molecule has 0 aromatic carbocycles. The first kappa shape index (κ1) is 68.1. The largest absolute Gasteiger partial charge is 0.466 e. The van der Waals surface area contributed by atoms with Crippen LogP contribution in [0.2, 0.25) is 0 Å². The Labute approximate surface area is 436 Å². The van der Waals surface area contributed by atoms with Crippen molar-refractivity contribution in [3.8, 4) is 0 Å². The number of amides is 1. The normalized spacial score (nSPS) is 12.8. The maximum atomic E-state index is 12.5. The first-order valence-corrected chi connectivity index (χ1v) is 31.3. The van der Waals surface area contributed by atoms with Crippen LogP contribution < -0.4 is 5.32 Å². The van der Waals surface area contributed by atoms with Crippen LogP contribution in [0.15, 0.2) is 36.5 Å². The standard InChI is InChI=1S/C64H121NO5/c1-3-5-7-9-11-13-15-17-18-19-23-26-29-33-36-40-44-48-52-56-62(67)61(60-66)65-63(68)57-53-49-45-41-37-34-30-27-24-21-20-22-25-28-31-35-39-43-47-51-55-59-70-64(69)58-54-50-46-42-38-32-16-14-12-10-8-6-4-2/h8,10,14,16,52,56,61-62,66-67H,3-7,9,11-13,15,17-51,53-55,57-60H2,1-2H3,(H,65,68)/b10-8-,16-14-,56-52+. The second kappa shape index (κ2) is 59.6. The average molecular weight is 985 g/mol. The molecule has 6 nitrogen and oxygen atoms in total. The number of nitrogens with one attached hydrogen (secondary N) is 1. The second-order valence-corrected chi connectivity index (χ2v) is 21.4. The van der Waals surface area contributed by atoms with Crippen LogP contribution in [0.1, 0.15) is 335 Å². The van der Waals surface area contributed by atoms with Crippen molar-refractivity contribution >= 4 is 11.9 Å². The van der Waals surface area contributed by atoms with Gasteiger partial charge in [-0.1, -0.05) is 301 Å². The van der Waals surface area contributed by atoms with E-state index in [2.05, 4.69) is 43.5 Å². The van der Waals surface area contributed by atoms with Crippen LogP contribution in [0.3, 0.4) is 0 Å². The number of hydrogen-bond donors (Lipinski definition) is 3. The molecule has 0 saturated heterocycles. The van der Waals surface area contributed by atoms with Gasteiger partial charge < -0.3 is 20.3 Å². The lowest BCUT2D eigenvalue weighted by Gasteiger charge is -2.20. The van der Waals surface area contributed by atoms with Crippen LogP contribution in [-0.4, -0.2) is 47.4 Å². The van der Waals surface area contributed by atoms with E-state index in [4.69, 9.17) is 4.74 Å². The second-order valence-electron chi connectivity index (χ2n) is 21.4. The molecule has 0 bridgehead atoms. The van der Waals surface area contributed by atoms with Crippen molar-refractivity contribution < 1.29 is 24.5 Å². The van der Waals surface area contributed by atoms with E-state index in [-0.39, 0.29) is 18.5 Å². The van der Waals surface area contributed by atoms with Gasteiger partial charge in [-0.25, -0.2) is 0 Å². The van der Waals surface area contributed by atoms with E-state index >= 15 is 0 Å². The molecule has 3 N–H and O–H groups in total. The number of allylic oxidation sites excluding steroid dienone is 5. The summed E-state index contributed by atoms with van der Waals surface area (Å²) in [5, 5.41) is 23.2. The molecule has 0 heterocycles. The van der Waals surface area contributed by atoms with E-state index in [1.54, 1.807) is 6.08 Å². The minimum absolute atomic E-state index is 0.00387. The van der Waals surface area contributed by atoms with Gasteiger partial charge in [0, 0.05) is 12.8 Å². The maximum absolute atomic E-state index is 12.5. The van der Waals surface area contributed by atoms with Gasteiger partial charge in [0.05, 0.1) is 25.4 Å². The zero-order valence-corrected chi connectivity index (χ0v) is 47.0. The van der Waals surface area contributed by atoms with E-state index in [1.165, 1.54) is 257 Å². The summed E-state index contributed by atoms with van der Waals surface area (Å²) in [7, 11) is 0. The smallest absolute Gasteiger partial charge is 0.305 e. The molecule has 0 saturated carbocycles. The van der Waals surface area contributed by atoms with E-state index in [0.29, 0.717) is 19.4 Å². The Hall–Kier alpha value is -1.92. The number of esters is 1. The molecule has 0 spiro atoms. The lowest BCUT2D eigenvalue weighted by Crippen LogP contribution is -2.45. The Morgan fingerprint density at radius 1 is 0.400 bits per heavy atom. The van der Waals surface area contributed by atoms with Crippen molar-refractivity contribution in [2.75, 3.05) is 13.2 Å². The van der Waals surface area contributed by atoms with E-state index in [9.17, 15) is 19.8 Å². The third-order valence-electron chi connectivity index (χ3n) is 14.4. The van der Waals surface area contributed by atoms with E-state index < -0.39 is 12.1 Å². The van der Waals surface area contributed by atoms with Gasteiger partial charge in [0.15, 0.2) is 0 Å². The topological polar surface area (TPSA) is 95.9 Å². The number of hydrogen-bond acceptors (Lipinski definition) is 5. The van der Waals surface area contributed by atoms with Crippen molar-refractivity contribution in [2.45, 2.75) is 347 Å². The summed E-state index contributed by atoms with van der Waals surface area (Å²) in [5.41, 5.74) is 0. The van der Waals surface area contributed by atoms with Crippen molar-refractivity contribution in [3.63, 3.8) is 0 Å². The molecule has 0 aliphatic carbocycles. The predicted molar refractivity (Wildman–Crippen MR) is 306 cm³/mol. The third-order valence-corrected chi connectivity index (χ3v) is 14.4. The minimum atomic E-state index is -0.846. The van der Waals surface area contributed by atoms with Gasteiger partial charge in [0.1, 0.15) is 0 Å². The summed E-state index contributed by atoms with van der Waals surface area (Å²) in [5.74, 6) is -0.0707. The Kier molecular flexibility index (Phi) is 58.0. The molecular weight excluding hydrogens is 863 g/mol. The summed E-state index contributed by atoms with van der Waals surface area (Å²) in [6.45, 7) is 4.85. The number of aliphatic hydroxyl groups is 2. The number of unbranched alkanes of at least 4 members (excludes halogenated alkanes) is 43. The van der Waals surface area contributed by atoms with Gasteiger partial charge in [-0.3, -0.25) is 9.59 Å². The van der Waals surface area contributed by atoms with E-state index in [1.807, 2.05) is 6.08 Å². The minimum Gasteiger partial charge on any atom is -0.466 e. The fourth-order valence-corrected chi connectivity index (χ4v) is 9.61. The van der Waals surface area contributed by atoms with Crippen LogP contribution in [0, 0.1) is 0 Å². The van der Waals surface area contributed by atoms with Gasteiger partial charge >= 0.3 is 5.97 Å². The highest BCUT2D eigenvalue weighted by atomic mass is 16.5. The molecule has 2 atom stereocenters. The van der Waals surface area contributed by atoms with Crippen LogP contribution in [0.4, 0.5) is 0 Å². The zero-order chi connectivity index (χ0) is 50.7. The molecule has 0 aliphatic rings. The maximum Gasteiger partial charge on any atom is 0.305 e. The van der Waals surface area contributed by atoms with Gasteiger partial charge in [-0.15, -0.1) is 0 Å².